The van der Waals surface area contributed by atoms with Crippen LogP contribution in [0.5, 0.6) is 0 Å². The number of nitrogens with zero attached hydrogens (tertiary/aromatic N) is 1. The molecule has 0 radical (unpaired) electrons. The third-order valence-corrected chi connectivity index (χ3v) is 5.41. The first-order valence-corrected chi connectivity index (χ1v) is 8.61. The second-order valence-electron chi connectivity index (χ2n) is 5.44. The van der Waals surface area contributed by atoms with Gasteiger partial charge in [0.15, 0.2) is 0 Å². The molecule has 0 aliphatic carbocycles. The summed E-state index contributed by atoms with van der Waals surface area (Å²) in [5, 5.41) is 3.08. The zero-order chi connectivity index (χ0) is 13.8. The van der Waals surface area contributed by atoms with Crippen molar-refractivity contribution >= 4 is 22.9 Å². The van der Waals surface area contributed by atoms with Gasteiger partial charge in [0.2, 0.25) is 0 Å². The highest BCUT2D eigenvalue weighted by Gasteiger charge is 2.23. The molecular formula is C17H20ClNS. The fourth-order valence-corrected chi connectivity index (χ4v) is 4.10. The largest absolute Gasteiger partial charge is 0.291 e. The zero-order valence-corrected chi connectivity index (χ0v) is 13.2. The molecule has 0 amide bonds. The van der Waals surface area contributed by atoms with Gasteiger partial charge in [-0.3, -0.25) is 4.90 Å². The van der Waals surface area contributed by atoms with E-state index in [4.69, 9.17) is 11.6 Å². The van der Waals surface area contributed by atoms with Crippen molar-refractivity contribution in [3.63, 3.8) is 0 Å². The van der Waals surface area contributed by atoms with E-state index >= 15 is 0 Å². The third-order valence-electron chi connectivity index (χ3n) is 4.07. The Kier molecular flexibility index (Phi) is 4.77. The van der Waals surface area contributed by atoms with E-state index < -0.39 is 0 Å². The Morgan fingerprint density at radius 1 is 1.10 bits per heavy atom. The van der Waals surface area contributed by atoms with Crippen molar-refractivity contribution in [2.45, 2.75) is 38.3 Å². The summed E-state index contributed by atoms with van der Waals surface area (Å²) in [5.41, 5.74) is 1.25. The summed E-state index contributed by atoms with van der Waals surface area (Å²) in [4.78, 5) is 4.11. The van der Waals surface area contributed by atoms with E-state index in [-0.39, 0.29) is 0 Å². The first-order valence-electron chi connectivity index (χ1n) is 7.35. The summed E-state index contributed by atoms with van der Waals surface area (Å²) >= 11 is 8.22. The van der Waals surface area contributed by atoms with E-state index in [1.165, 1.54) is 42.7 Å². The molecule has 20 heavy (non-hydrogen) atoms. The lowest BCUT2D eigenvalue weighted by Gasteiger charge is -2.29. The second-order valence-corrected chi connectivity index (χ2v) is 6.83. The van der Waals surface area contributed by atoms with Crippen LogP contribution < -0.4 is 0 Å². The molecule has 1 saturated heterocycles. The van der Waals surface area contributed by atoms with Crippen LogP contribution in [0.4, 0.5) is 0 Å². The summed E-state index contributed by atoms with van der Waals surface area (Å²) in [6, 6.07) is 13.2. The van der Waals surface area contributed by atoms with Crippen molar-refractivity contribution in [1.29, 1.82) is 0 Å². The lowest BCUT2D eigenvalue weighted by molar-refractivity contribution is 0.195. The number of benzene rings is 1. The van der Waals surface area contributed by atoms with E-state index in [2.05, 4.69) is 34.5 Å². The highest BCUT2D eigenvalue weighted by atomic mass is 35.5. The molecule has 1 aliphatic heterocycles. The predicted molar refractivity (Wildman–Crippen MR) is 87.4 cm³/mol. The maximum Gasteiger partial charge on any atom is 0.0451 e. The minimum Gasteiger partial charge on any atom is -0.291 e. The number of hydrogen-bond donors (Lipinski definition) is 0. The minimum atomic E-state index is 0.564. The van der Waals surface area contributed by atoms with Gasteiger partial charge in [0, 0.05) is 22.5 Å². The normalized spacial score (nSPS) is 20.8. The molecule has 3 heteroatoms. The molecular weight excluding hydrogens is 286 g/mol. The molecule has 0 bridgehead atoms. The Bertz CT molecular complexity index is 538. The molecule has 2 aromatic rings. The summed E-state index contributed by atoms with van der Waals surface area (Å²) in [7, 11) is 0. The molecule has 106 valence electrons. The lowest BCUT2D eigenvalue weighted by Crippen LogP contribution is -2.27. The fraction of sp³-hybridized carbons (Fsp3) is 0.412. The quantitative estimate of drug-likeness (QED) is 0.722. The van der Waals surface area contributed by atoms with E-state index in [1.54, 1.807) is 0 Å². The van der Waals surface area contributed by atoms with E-state index in [9.17, 15) is 0 Å². The Balaban J connectivity index is 1.82. The molecule has 1 fully saturated rings. The Morgan fingerprint density at radius 2 is 2.00 bits per heavy atom. The average Bonchev–Trinajstić information content (AvgIpc) is 2.89. The molecule has 1 aliphatic rings. The number of halogens is 1. The highest BCUT2D eigenvalue weighted by Crippen LogP contribution is 2.34. The van der Waals surface area contributed by atoms with Gasteiger partial charge >= 0.3 is 0 Å². The van der Waals surface area contributed by atoms with Gasteiger partial charge in [-0.25, -0.2) is 0 Å². The van der Waals surface area contributed by atoms with E-state index in [1.807, 2.05) is 23.5 Å². The van der Waals surface area contributed by atoms with Gasteiger partial charge < -0.3 is 0 Å². The van der Waals surface area contributed by atoms with Crippen LogP contribution in [0, 0.1) is 0 Å². The van der Waals surface area contributed by atoms with Crippen LogP contribution in [0.1, 0.15) is 42.2 Å². The molecule has 0 N–H and O–H groups in total. The van der Waals surface area contributed by atoms with Gasteiger partial charge in [0.25, 0.3) is 0 Å². The van der Waals surface area contributed by atoms with Crippen LogP contribution in [-0.2, 0) is 6.54 Å². The number of hydrogen-bond acceptors (Lipinski definition) is 2. The van der Waals surface area contributed by atoms with Crippen molar-refractivity contribution in [2.75, 3.05) is 6.54 Å². The molecule has 0 spiro atoms. The van der Waals surface area contributed by atoms with Crippen LogP contribution in [0.3, 0.4) is 0 Å². The van der Waals surface area contributed by atoms with Crippen LogP contribution in [0.25, 0.3) is 0 Å². The zero-order valence-electron chi connectivity index (χ0n) is 11.6. The molecule has 1 aromatic carbocycles. The highest BCUT2D eigenvalue weighted by molar-refractivity contribution is 7.10. The van der Waals surface area contributed by atoms with Crippen LogP contribution in [0.2, 0.25) is 5.02 Å². The van der Waals surface area contributed by atoms with E-state index in [0.717, 1.165) is 11.6 Å². The van der Waals surface area contributed by atoms with Gasteiger partial charge in [0.05, 0.1) is 0 Å². The van der Waals surface area contributed by atoms with Crippen LogP contribution >= 0.6 is 22.9 Å². The van der Waals surface area contributed by atoms with Crippen molar-refractivity contribution in [3.8, 4) is 0 Å². The van der Waals surface area contributed by atoms with Gasteiger partial charge in [-0.2, -0.15) is 0 Å². The molecule has 3 rings (SSSR count). The Morgan fingerprint density at radius 3 is 2.80 bits per heavy atom. The first-order chi connectivity index (χ1) is 9.84. The molecule has 1 nitrogen and oxygen atoms in total. The molecule has 1 unspecified atom stereocenters. The standard InChI is InChI=1S/C17H20ClNS/c18-15-8-4-3-7-14(15)13-19-11-5-1-2-9-16(19)17-10-6-12-20-17/h3-4,6-8,10,12,16H,1-2,5,9,11,13H2. The number of rotatable bonds is 3. The monoisotopic (exact) mass is 305 g/mol. The molecule has 2 heterocycles. The summed E-state index contributed by atoms with van der Waals surface area (Å²) in [6.07, 6.45) is 5.25. The molecule has 1 aromatic heterocycles. The summed E-state index contributed by atoms with van der Waals surface area (Å²) in [6.45, 7) is 2.13. The van der Waals surface area contributed by atoms with Crippen LogP contribution in [0.15, 0.2) is 41.8 Å². The summed E-state index contributed by atoms with van der Waals surface area (Å²) in [5.74, 6) is 0. The fourth-order valence-electron chi connectivity index (χ4n) is 3.01. The minimum absolute atomic E-state index is 0.564. The van der Waals surface area contributed by atoms with Gasteiger partial charge in [-0.15, -0.1) is 11.3 Å². The maximum absolute atomic E-state index is 6.33. The predicted octanol–water partition coefficient (Wildman–Crippen LogP) is 5.52. The SMILES string of the molecule is Clc1ccccc1CN1CCCCCC1c1cccs1. The maximum atomic E-state index is 6.33. The topological polar surface area (TPSA) is 3.24 Å². The van der Waals surface area contributed by atoms with Crippen molar-refractivity contribution in [2.24, 2.45) is 0 Å². The average molecular weight is 306 g/mol. The van der Waals surface area contributed by atoms with Gasteiger partial charge in [-0.05, 0) is 42.5 Å². The van der Waals surface area contributed by atoms with E-state index in [0.29, 0.717) is 6.04 Å². The molecule has 0 saturated carbocycles. The first kappa shape index (κ1) is 14.1. The van der Waals surface area contributed by atoms with Gasteiger partial charge in [-0.1, -0.05) is 48.7 Å². The second kappa shape index (κ2) is 6.75. The Hall–Kier alpha value is -0.830. The smallest absolute Gasteiger partial charge is 0.0451 e. The lowest BCUT2D eigenvalue weighted by atomic mass is 10.1. The van der Waals surface area contributed by atoms with Crippen molar-refractivity contribution in [3.05, 3.63) is 57.2 Å². The van der Waals surface area contributed by atoms with Gasteiger partial charge in [0.1, 0.15) is 0 Å². The third kappa shape index (κ3) is 3.25. The van der Waals surface area contributed by atoms with Crippen molar-refractivity contribution in [1.82, 2.24) is 4.90 Å². The summed E-state index contributed by atoms with van der Waals surface area (Å²) < 4.78 is 0. The van der Waals surface area contributed by atoms with Crippen molar-refractivity contribution < 1.29 is 0 Å². The Labute approximate surface area is 130 Å². The van der Waals surface area contributed by atoms with Crippen LogP contribution in [-0.4, -0.2) is 11.4 Å². The molecule has 1 atom stereocenters. The number of thiophene rings is 1. The number of likely N-dealkylation sites (tertiary alicyclic amines) is 1.